The summed E-state index contributed by atoms with van der Waals surface area (Å²) in [6, 6.07) is 9.24. The van der Waals surface area contributed by atoms with Gasteiger partial charge in [0.2, 0.25) is 5.12 Å². The minimum Gasteiger partial charge on any atom is -0.402 e. The first-order valence-electron chi connectivity index (χ1n) is 5.02. The maximum atomic E-state index is 11.6. The molecule has 0 aliphatic carbocycles. The van der Waals surface area contributed by atoms with E-state index in [0.29, 0.717) is 12.1 Å². The SMILES string of the molecule is CC(N)=CSC(=O)[C@@H](N)Cc1ccccc1. The van der Waals surface area contributed by atoms with Crippen LogP contribution in [0.4, 0.5) is 0 Å². The Kier molecular flexibility index (Phi) is 5.08. The Hall–Kier alpha value is -1.26. The van der Waals surface area contributed by atoms with Gasteiger partial charge in [0.1, 0.15) is 0 Å². The Labute approximate surface area is 99.9 Å². The third-order valence-corrected chi connectivity index (χ3v) is 2.99. The monoisotopic (exact) mass is 236 g/mol. The Bertz CT molecular complexity index is 372. The molecular weight excluding hydrogens is 220 g/mol. The first-order valence-corrected chi connectivity index (χ1v) is 5.90. The number of nitrogens with two attached hydrogens (primary N) is 2. The maximum Gasteiger partial charge on any atom is 0.210 e. The van der Waals surface area contributed by atoms with Gasteiger partial charge < -0.3 is 11.5 Å². The van der Waals surface area contributed by atoms with Crippen LogP contribution in [0.2, 0.25) is 0 Å². The molecule has 0 spiro atoms. The molecule has 4 N–H and O–H groups in total. The van der Waals surface area contributed by atoms with Crippen molar-refractivity contribution in [2.24, 2.45) is 11.5 Å². The minimum absolute atomic E-state index is 0.0614. The van der Waals surface area contributed by atoms with Gasteiger partial charge in [-0.15, -0.1) is 0 Å². The molecule has 0 saturated carbocycles. The van der Waals surface area contributed by atoms with Crippen molar-refractivity contribution in [3.63, 3.8) is 0 Å². The van der Waals surface area contributed by atoms with Crippen molar-refractivity contribution >= 4 is 16.9 Å². The third kappa shape index (κ3) is 4.51. The Morgan fingerprint density at radius 1 is 1.44 bits per heavy atom. The van der Waals surface area contributed by atoms with Gasteiger partial charge in [0.15, 0.2) is 0 Å². The van der Waals surface area contributed by atoms with Crippen molar-refractivity contribution in [3.05, 3.63) is 47.0 Å². The standard InChI is InChI=1S/C12H16N2OS/c1-9(13)8-16-12(15)11(14)7-10-5-3-2-4-6-10/h2-6,8,11H,7,13-14H2,1H3/t11-/m0/s1. The average molecular weight is 236 g/mol. The first kappa shape index (κ1) is 12.8. The van der Waals surface area contributed by atoms with Gasteiger partial charge in [-0.25, -0.2) is 0 Å². The van der Waals surface area contributed by atoms with Crippen molar-refractivity contribution in [1.29, 1.82) is 0 Å². The summed E-state index contributed by atoms with van der Waals surface area (Å²) < 4.78 is 0. The van der Waals surface area contributed by atoms with Crippen molar-refractivity contribution in [2.45, 2.75) is 19.4 Å². The Morgan fingerprint density at radius 2 is 2.06 bits per heavy atom. The van der Waals surface area contributed by atoms with Crippen LogP contribution < -0.4 is 11.5 Å². The molecule has 0 aliphatic heterocycles. The van der Waals surface area contributed by atoms with E-state index in [9.17, 15) is 4.79 Å². The largest absolute Gasteiger partial charge is 0.402 e. The van der Waals surface area contributed by atoms with Crippen LogP contribution in [-0.2, 0) is 11.2 Å². The van der Waals surface area contributed by atoms with Crippen LogP contribution in [0.3, 0.4) is 0 Å². The molecule has 86 valence electrons. The quantitative estimate of drug-likeness (QED) is 0.833. The van der Waals surface area contributed by atoms with E-state index in [4.69, 9.17) is 11.5 Å². The Balaban J connectivity index is 2.49. The summed E-state index contributed by atoms with van der Waals surface area (Å²) in [7, 11) is 0. The lowest BCUT2D eigenvalue weighted by Gasteiger charge is -2.08. The van der Waals surface area contributed by atoms with Crippen LogP contribution in [-0.4, -0.2) is 11.2 Å². The van der Waals surface area contributed by atoms with E-state index in [1.54, 1.807) is 12.3 Å². The molecule has 1 atom stereocenters. The molecule has 0 amide bonds. The summed E-state index contributed by atoms with van der Waals surface area (Å²) >= 11 is 1.06. The van der Waals surface area contributed by atoms with E-state index < -0.39 is 6.04 Å². The summed E-state index contributed by atoms with van der Waals surface area (Å²) in [4.78, 5) is 11.6. The molecule has 0 aromatic heterocycles. The molecule has 0 radical (unpaired) electrons. The molecule has 0 heterocycles. The van der Waals surface area contributed by atoms with Crippen molar-refractivity contribution < 1.29 is 4.79 Å². The number of hydrogen-bond acceptors (Lipinski definition) is 4. The van der Waals surface area contributed by atoms with Gasteiger partial charge in [-0.1, -0.05) is 42.1 Å². The van der Waals surface area contributed by atoms with E-state index in [-0.39, 0.29) is 5.12 Å². The summed E-state index contributed by atoms with van der Waals surface area (Å²) in [5, 5.41) is 1.56. The van der Waals surface area contributed by atoms with Crippen LogP contribution in [0.25, 0.3) is 0 Å². The minimum atomic E-state index is -0.483. The van der Waals surface area contributed by atoms with Gasteiger partial charge >= 0.3 is 0 Å². The second-order valence-electron chi connectivity index (χ2n) is 3.59. The number of allylic oxidation sites excluding steroid dienone is 1. The van der Waals surface area contributed by atoms with E-state index in [1.807, 2.05) is 30.3 Å². The molecule has 0 aliphatic rings. The molecule has 0 fully saturated rings. The zero-order chi connectivity index (χ0) is 12.0. The fourth-order valence-corrected chi connectivity index (χ4v) is 1.75. The van der Waals surface area contributed by atoms with Crippen LogP contribution in [0.5, 0.6) is 0 Å². The highest BCUT2D eigenvalue weighted by Gasteiger charge is 2.13. The predicted molar refractivity (Wildman–Crippen MR) is 68.7 cm³/mol. The Morgan fingerprint density at radius 3 is 2.62 bits per heavy atom. The molecule has 0 bridgehead atoms. The molecular formula is C12H16N2OS. The average Bonchev–Trinajstić information content (AvgIpc) is 2.27. The number of hydrogen-bond donors (Lipinski definition) is 2. The summed E-state index contributed by atoms with van der Waals surface area (Å²) in [6.07, 6.45) is 0.560. The topological polar surface area (TPSA) is 69.1 Å². The molecule has 0 unspecified atom stereocenters. The third-order valence-electron chi connectivity index (χ3n) is 1.96. The molecule has 4 heteroatoms. The fraction of sp³-hybridized carbons (Fsp3) is 0.250. The lowest BCUT2D eigenvalue weighted by Crippen LogP contribution is -2.30. The molecule has 1 rings (SSSR count). The van der Waals surface area contributed by atoms with Gasteiger partial charge in [0.25, 0.3) is 0 Å². The zero-order valence-electron chi connectivity index (χ0n) is 9.22. The summed E-state index contributed by atoms with van der Waals surface area (Å²) in [5.41, 5.74) is 12.9. The highest BCUT2D eigenvalue weighted by atomic mass is 32.2. The van der Waals surface area contributed by atoms with E-state index in [1.165, 1.54) is 0 Å². The highest BCUT2D eigenvalue weighted by molar-refractivity contribution is 8.16. The molecule has 1 aromatic carbocycles. The number of carbonyl (C=O) groups excluding carboxylic acids is 1. The van der Waals surface area contributed by atoms with Gasteiger partial charge in [0, 0.05) is 5.70 Å². The fourth-order valence-electron chi connectivity index (χ4n) is 1.19. The van der Waals surface area contributed by atoms with Crippen molar-refractivity contribution in [3.8, 4) is 0 Å². The summed E-state index contributed by atoms with van der Waals surface area (Å²) in [6.45, 7) is 1.74. The van der Waals surface area contributed by atoms with Crippen LogP contribution in [0, 0.1) is 0 Å². The predicted octanol–water partition coefficient (Wildman–Crippen LogP) is 1.64. The normalized spacial score (nSPS) is 13.5. The molecule has 3 nitrogen and oxygen atoms in total. The molecule has 16 heavy (non-hydrogen) atoms. The second-order valence-corrected chi connectivity index (χ2v) is 4.47. The number of benzene rings is 1. The van der Waals surface area contributed by atoms with Crippen molar-refractivity contribution in [2.75, 3.05) is 0 Å². The van der Waals surface area contributed by atoms with Gasteiger partial charge in [-0.05, 0) is 24.3 Å². The van der Waals surface area contributed by atoms with Gasteiger partial charge in [-0.3, -0.25) is 4.79 Å². The second kappa shape index (κ2) is 6.35. The smallest absolute Gasteiger partial charge is 0.210 e. The lowest BCUT2D eigenvalue weighted by atomic mass is 10.1. The maximum absolute atomic E-state index is 11.6. The molecule has 1 aromatic rings. The molecule has 0 saturated heterocycles. The number of carbonyl (C=O) groups is 1. The lowest BCUT2D eigenvalue weighted by molar-refractivity contribution is -0.112. The van der Waals surface area contributed by atoms with Crippen LogP contribution in [0.15, 0.2) is 41.4 Å². The number of rotatable bonds is 4. The van der Waals surface area contributed by atoms with Crippen LogP contribution in [0.1, 0.15) is 12.5 Å². The van der Waals surface area contributed by atoms with E-state index >= 15 is 0 Å². The van der Waals surface area contributed by atoms with Gasteiger partial charge in [0.05, 0.1) is 6.04 Å². The van der Waals surface area contributed by atoms with E-state index in [0.717, 1.165) is 17.3 Å². The van der Waals surface area contributed by atoms with E-state index in [2.05, 4.69) is 0 Å². The highest BCUT2D eigenvalue weighted by Crippen LogP contribution is 2.11. The van der Waals surface area contributed by atoms with Crippen LogP contribution >= 0.6 is 11.8 Å². The van der Waals surface area contributed by atoms with Crippen molar-refractivity contribution in [1.82, 2.24) is 0 Å². The first-order chi connectivity index (χ1) is 7.59. The zero-order valence-corrected chi connectivity index (χ0v) is 10.0. The number of thioether (sulfide) groups is 1. The van der Waals surface area contributed by atoms with Gasteiger partial charge in [-0.2, -0.15) is 0 Å². The summed E-state index contributed by atoms with van der Waals surface area (Å²) in [5.74, 6) is 0.